The molecule has 2 fully saturated rings. The highest BCUT2D eigenvalue weighted by atomic mass is 32.2. The summed E-state index contributed by atoms with van der Waals surface area (Å²) in [6.07, 6.45) is 3.00. The summed E-state index contributed by atoms with van der Waals surface area (Å²) < 4.78 is 36.9. The fourth-order valence-corrected chi connectivity index (χ4v) is 3.83. The number of nitrogens with zero attached hydrogens (tertiary/aromatic N) is 3. The molecule has 0 radical (unpaired) electrons. The molecular formula is C16H26BN3O4S. The molecule has 0 aliphatic carbocycles. The fraction of sp³-hybridized carbons (Fsp3) is 0.688. The van der Waals surface area contributed by atoms with Gasteiger partial charge in [0, 0.05) is 38.1 Å². The largest absolute Gasteiger partial charge is 0.514 e. The number of sulfonamides is 1. The number of hydrogen-bond donors (Lipinski definition) is 0. The van der Waals surface area contributed by atoms with Crippen LogP contribution in [0, 0.1) is 0 Å². The van der Waals surface area contributed by atoms with Crippen LogP contribution in [0.1, 0.15) is 27.7 Å². The van der Waals surface area contributed by atoms with E-state index in [-0.39, 0.29) is 0 Å². The Morgan fingerprint density at radius 3 is 2.16 bits per heavy atom. The van der Waals surface area contributed by atoms with Gasteiger partial charge in [-0.3, -0.25) is 4.98 Å². The molecule has 1 aromatic heterocycles. The second-order valence-corrected chi connectivity index (χ2v) is 9.66. The Labute approximate surface area is 150 Å². The molecule has 3 heterocycles. The third kappa shape index (κ3) is 3.69. The third-order valence-electron chi connectivity index (χ3n) is 5.33. The summed E-state index contributed by atoms with van der Waals surface area (Å²) in [7, 11) is -3.62. The highest BCUT2D eigenvalue weighted by Crippen LogP contribution is 2.36. The predicted molar refractivity (Wildman–Crippen MR) is 98.6 cm³/mol. The minimum Gasteiger partial charge on any atom is -0.398 e. The molecule has 138 valence electrons. The molecule has 0 aromatic carbocycles. The summed E-state index contributed by atoms with van der Waals surface area (Å²) in [5, 5.41) is 0. The lowest BCUT2D eigenvalue weighted by atomic mass is 9.84. The van der Waals surface area contributed by atoms with Gasteiger partial charge in [0.25, 0.3) is 0 Å². The van der Waals surface area contributed by atoms with Crippen molar-refractivity contribution in [3.05, 3.63) is 18.3 Å². The summed E-state index contributed by atoms with van der Waals surface area (Å²) in [5.74, 6) is 0. The van der Waals surface area contributed by atoms with Crippen molar-refractivity contribution in [3.63, 3.8) is 0 Å². The lowest BCUT2D eigenvalue weighted by molar-refractivity contribution is 0.00578. The quantitative estimate of drug-likeness (QED) is 0.723. The van der Waals surface area contributed by atoms with E-state index >= 15 is 0 Å². The normalized spacial score (nSPS) is 23.9. The smallest absolute Gasteiger partial charge is 0.398 e. The summed E-state index contributed by atoms with van der Waals surface area (Å²) in [6, 6.07) is 3.91. The number of pyridine rings is 1. The van der Waals surface area contributed by atoms with Crippen molar-refractivity contribution in [2.24, 2.45) is 0 Å². The molecule has 0 atom stereocenters. The molecule has 0 N–H and O–H groups in total. The first-order valence-corrected chi connectivity index (χ1v) is 10.4. The van der Waals surface area contributed by atoms with Gasteiger partial charge >= 0.3 is 7.12 Å². The second kappa shape index (κ2) is 6.23. The zero-order valence-corrected chi connectivity index (χ0v) is 16.3. The summed E-state index contributed by atoms with van der Waals surface area (Å²) >= 11 is 0. The van der Waals surface area contributed by atoms with Crippen LogP contribution in [-0.2, 0) is 19.3 Å². The number of hydrogen-bond acceptors (Lipinski definition) is 6. The molecule has 0 unspecified atom stereocenters. The minimum atomic E-state index is -3.12. The van der Waals surface area contributed by atoms with Crippen LogP contribution in [0.25, 0.3) is 0 Å². The van der Waals surface area contributed by atoms with Gasteiger partial charge in [-0.1, -0.05) is 0 Å². The maximum absolute atomic E-state index is 11.6. The van der Waals surface area contributed by atoms with E-state index in [0.717, 1.165) is 11.3 Å². The molecule has 3 rings (SSSR count). The minimum absolute atomic E-state index is 0.406. The van der Waals surface area contributed by atoms with E-state index in [1.807, 2.05) is 39.8 Å². The Balaban J connectivity index is 1.73. The van der Waals surface area contributed by atoms with Crippen LogP contribution >= 0.6 is 0 Å². The monoisotopic (exact) mass is 367 g/mol. The molecule has 7 nitrogen and oxygen atoms in total. The number of rotatable bonds is 3. The summed E-state index contributed by atoms with van der Waals surface area (Å²) in [5.41, 5.74) is 0.932. The molecule has 9 heteroatoms. The Kier molecular flexibility index (Phi) is 4.64. The van der Waals surface area contributed by atoms with Crippen LogP contribution in [0.5, 0.6) is 0 Å². The number of piperazine rings is 1. The first-order valence-electron chi connectivity index (χ1n) is 8.51. The molecule has 0 spiro atoms. The van der Waals surface area contributed by atoms with Crippen molar-refractivity contribution in [1.82, 2.24) is 9.29 Å². The van der Waals surface area contributed by atoms with Gasteiger partial charge in [0.2, 0.25) is 10.0 Å². The van der Waals surface area contributed by atoms with Crippen LogP contribution < -0.4 is 10.5 Å². The zero-order valence-electron chi connectivity index (χ0n) is 15.5. The van der Waals surface area contributed by atoms with Gasteiger partial charge in [-0.05, 0) is 39.8 Å². The van der Waals surface area contributed by atoms with Crippen LogP contribution in [0.3, 0.4) is 0 Å². The first kappa shape index (κ1) is 18.6. The van der Waals surface area contributed by atoms with Gasteiger partial charge in [-0.15, -0.1) is 0 Å². The SMILES string of the molecule is CC1(C)OB(c2cc(N3CCN(S(C)(=O)=O)CC3)ccn2)OC1(C)C. The van der Waals surface area contributed by atoms with E-state index in [1.54, 1.807) is 6.20 Å². The fourth-order valence-electron chi connectivity index (χ4n) is 3.00. The predicted octanol–water partition coefficient (Wildman–Crippen LogP) is 0.462. The van der Waals surface area contributed by atoms with Gasteiger partial charge in [-0.2, -0.15) is 4.31 Å². The molecule has 0 amide bonds. The van der Waals surface area contributed by atoms with Gasteiger partial charge < -0.3 is 14.2 Å². The van der Waals surface area contributed by atoms with Crippen molar-refractivity contribution in [2.45, 2.75) is 38.9 Å². The van der Waals surface area contributed by atoms with E-state index in [1.165, 1.54) is 10.6 Å². The van der Waals surface area contributed by atoms with Gasteiger partial charge in [0.1, 0.15) is 0 Å². The van der Waals surface area contributed by atoms with Gasteiger partial charge in [-0.25, -0.2) is 8.42 Å². The summed E-state index contributed by atoms with van der Waals surface area (Å²) in [4.78, 5) is 6.58. The Morgan fingerprint density at radius 1 is 1.08 bits per heavy atom. The van der Waals surface area contributed by atoms with Crippen LogP contribution in [0.15, 0.2) is 18.3 Å². The second-order valence-electron chi connectivity index (χ2n) is 7.68. The zero-order chi connectivity index (χ0) is 18.5. The highest BCUT2D eigenvalue weighted by molar-refractivity contribution is 7.88. The highest BCUT2D eigenvalue weighted by Gasteiger charge is 2.52. The lowest BCUT2D eigenvalue weighted by Crippen LogP contribution is -2.48. The molecule has 2 aliphatic rings. The van der Waals surface area contributed by atoms with Crippen LogP contribution in [-0.4, -0.2) is 68.5 Å². The van der Waals surface area contributed by atoms with E-state index in [2.05, 4.69) is 9.88 Å². The van der Waals surface area contributed by atoms with Gasteiger partial charge in [0.15, 0.2) is 0 Å². The third-order valence-corrected chi connectivity index (χ3v) is 6.64. The Hall–Kier alpha value is -1.16. The lowest BCUT2D eigenvalue weighted by Gasteiger charge is -2.34. The van der Waals surface area contributed by atoms with E-state index in [4.69, 9.17) is 9.31 Å². The number of anilines is 1. The summed E-state index contributed by atoms with van der Waals surface area (Å²) in [6.45, 7) is 10.4. The van der Waals surface area contributed by atoms with Crippen molar-refractivity contribution in [1.29, 1.82) is 0 Å². The standard InChI is InChI=1S/C16H26BN3O4S/c1-15(2)16(3,4)24-17(23-15)14-12-13(6-7-18-14)19-8-10-20(11-9-19)25(5,21)22/h6-7,12H,8-11H2,1-5H3. The van der Waals surface area contributed by atoms with Crippen LogP contribution in [0.4, 0.5) is 5.69 Å². The van der Waals surface area contributed by atoms with Crippen molar-refractivity contribution >= 4 is 28.4 Å². The van der Waals surface area contributed by atoms with Crippen molar-refractivity contribution in [3.8, 4) is 0 Å². The average Bonchev–Trinajstić information content (AvgIpc) is 2.75. The molecular weight excluding hydrogens is 341 g/mol. The van der Waals surface area contributed by atoms with E-state index in [0.29, 0.717) is 26.2 Å². The van der Waals surface area contributed by atoms with Gasteiger partial charge in [0.05, 0.1) is 23.1 Å². The Morgan fingerprint density at radius 2 is 1.64 bits per heavy atom. The van der Waals surface area contributed by atoms with Crippen LogP contribution in [0.2, 0.25) is 0 Å². The number of aromatic nitrogens is 1. The molecule has 0 saturated carbocycles. The van der Waals surface area contributed by atoms with E-state index in [9.17, 15) is 8.42 Å². The molecule has 1 aromatic rings. The Bertz CT molecular complexity index is 730. The van der Waals surface area contributed by atoms with E-state index < -0.39 is 28.3 Å². The van der Waals surface area contributed by atoms with Crippen molar-refractivity contribution < 1.29 is 17.7 Å². The van der Waals surface area contributed by atoms with Crippen molar-refractivity contribution in [2.75, 3.05) is 37.3 Å². The topological polar surface area (TPSA) is 72.0 Å². The maximum atomic E-state index is 11.6. The molecule has 25 heavy (non-hydrogen) atoms. The maximum Gasteiger partial charge on any atom is 0.514 e. The average molecular weight is 367 g/mol. The molecule has 2 saturated heterocycles. The molecule has 0 bridgehead atoms. The molecule has 2 aliphatic heterocycles. The first-order chi connectivity index (χ1) is 11.5.